The lowest BCUT2D eigenvalue weighted by Crippen LogP contribution is -2.33. The van der Waals surface area contributed by atoms with Crippen molar-refractivity contribution in [2.45, 2.75) is 12.5 Å². The average Bonchev–Trinajstić information content (AvgIpc) is 2.99. The lowest BCUT2D eigenvalue weighted by molar-refractivity contribution is -0.131. The van der Waals surface area contributed by atoms with Crippen molar-refractivity contribution < 1.29 is 28.9 Å². The van der Waals surface area contributed by atoms with Crippen molar-refractivity contribution in [1.82, 2.24) is 0 Å². The Morgan fingerprint density at radius 2 is 1.67 bits per heavy atom. The lowest BCUT2D eigenvalue weighted by Gasteiger charge is -2.37. The van der Waals surface area contributed by atoms with Gasteiger partial charge in [-0.15, -0.1) is 0 Å². The Balaban J connectivity index is 1.86. The molecule has 1 unspecified atom stereocenters. The van der Waals surface area contributed by atoms with Gasteiger partial charge in [0, 0.05) is 35.7 Å². The van der Waals surface area contributed by atoms with Crippen molar-refractivity contribution in [1.29, 1.82) is 0 Å². The normalized spacial score (nSPS) is 18.2. The summed E-state index contributed by atoms with van der Waals surface area (Å²) in [6.45, 7) is 1.25. The van der Waals surface area contributed by atoms with Crippen molar-refractivity contribution in [3.05, 3.63) is 80.8 Å². The molecule has 2 aliphatic heterocycles. The highest BCUT2D eigenvalue weighted by molar-refractivity contribution is 6.32. The van der Waals surface area contributed by atoms with Gasteiger partial charge in [0.1, 0.15) is 17.2 Å². The first kappa shape index (κ1) is 18.8. The number of hydrogen-bond donors (Lipinski definition) is 1. The molecule has 1 N–H and O–H groups in total. The van der Waals surface area contributed by atoms with E-state index >= 15 is 0 Å². The molecule has 6 nitrogen and oxygen atoms in total. The first-order valence-electron chi connectivity index (χ1n) is 8.87. The summed E-state index contributed by atoms with van der Waals surface area (Å²) in [5.74, 6) is -0.670. The molecular weight excluding hydrogens is 431 g/mol. The molecule has 2 heterocycles. The molecule has 3 aromatic rings. The molecule has 0 aromatic heterocycles. The summed E-state index contributed by atoms with van der Waals surface area (Å²) in [7, 11) is 0. The zero-order valence-corrected chi connectivity index (χ0v) is 16.9. The van der Waals surface area contributed by atoms with Crippen LogP contribution < -0.4 is 9.47 Å². The van der Waals surface area contributed by atoms with Gasteiger partial charge in [-0.1, -0.05) is 41.4 Å². The minimum atomic E-state index is -1.40. The molecule has 30 heavy (non-hydrogen) atoms. The molecule has 0 radical (unpaired) electrons. The van der Waals surface area contributed by atoms with Gasteiger partial charge in [0.15, 0.2) is 11.4 Å². The van der Waals surface area contributed by atoms with Gasteiger partial charge in [0.25, 0.3) is 0 Å². The molecular formula is C22H12Cl2O6. The van der Waals surface area contributed by atoms with Gasteiger partial charge in [-0.05, 0) is 18.2 Å². The molecule has 0 saturated heterocycles. The predicted octanol–water partition coefficient (Wildman–Crippen LogP) is 5.19. The van der Waals surface area contributed by atoms with E-state index in [1.165, 1.54) is 31.2 Å². The molecule has 2 aliphatic rings. The molecule has 0 saturated carbocycles. The second kappa shape index (κ2) is 6.39. The number of phenolic OH excluding ortho intramolecular Hbond substituents is 1. The van der Waals surface area contributed by atoms with Gasteiger partial charge in [-0.2, -0.15) is 0 Å². The van der Waals surface area contributed by atoms with Crippen LogP contribution in [0.1, 0.15) is 34.0 Å². The van der Waals surface area contributed by atoms with E-state index in [4.69, 9.17) is 37.4 Å². The molecule has 0 amide bonds. The number of benzene rings is 3. The Bertz CT molecular complexity index is 1270. The van der Waals surface area contributed by atoms with Gasteiger partial charge in [-0.25, -0.2) is 4.79 Å². The van der Waals surface area contributed by atoms with E-state index < -0.39 is 17.5 Å². The Morgan fingerprint density at radius 1 is 1.00 bits per heavy atom. The lowest BCUT2D eigenvalue weighted by atomic mass is 9.77. The van der Waals surface area contributed by atoms with E-state index in [1.54, 1.807) is 24.3 Å². The largest absolute Gasteiger partial charge is 0.506 e. The fourth-order valence-electron chi connectivity index (χ4n) is 3.91. The molecule has 8 heteroatoms. The fraction of sp³-hybridized carbons (Fsp3) is 0.0909. The van der Waals surface area contributed by atoms with Crippen LogP contribution in [0.25, 0.3) is 0 Å². The monoisotopic (exact) mass is 442 g/mol. The van der Waals surface area contributed by atoms with Crippen LogP contribution in [0.15, 0.2) is 48.5 Å². The summed E-state index contributed by atoms with van der Waals surface area (Å²) in [6.07, 6.45) is 0. The van der Waals surface area contributed by atoms with Crippen molar-refractivity contribution in [2.24, 2.45) is 0 Å². The second-order valence-electron chi connectivity index (χ2n) is 6.89. The molecule has 0 aliphatic carbocycles. The highest BCUT2D eigenvalue weighted by Gasteiger charge is 2.54. The number of aromatic hydroxyl groups is 1. The average molecular weight is 443 g/mol. The topological polar surface area (TPSA) is 82.1 Å². The maximum absolute atomic E-state index is 12.8. The zero-order valence-electron chi connectivity index (χ0n) is 15.4. The highest BCUT2D eigenvalue weighted by atomic mass is 35.5. The van der Waals surface area contributed by atoms with E-state index in [2.05, 4.69) is 0 Å². The highest BCUT2D eigenvalue weighted by Crippen LogP contribution is 2.58. The summed E-state index contributed by atoms with van der Waals surface area (Å²) in [5, 5.41) is 10.3. The summed E-state index contributed by atoms with van der Waals surface area (Å²) < 4.78 is 17.1. The standard InChI is InChI=1S/C22H12Cl2O6/c1-10(25)28-20-9-19-14(7-16(20)24)22(12-5-3-2-4-11(12)21(27)30-22)13-6-15(23)17(26)8-18(13)29-19/h2-9,26H,1H3. The van der Waals surface area contributed by atoms with Crippen LogP contribution in [0, 0.1) is 0 Å². The first-order valence-corrected chi connectivity index (χ1v) is 9.63. The molecule has 3 aromatic carbocycles. The third-order valence-corrected chi connectivity index (χ3v) is 5.69. The summed E-state index contributed by atoms with van der Waals surface area (Å²) in [4.78, 5) is 24.2. The van der Waals surface area contributed by atoms with E-state index in [-0.39, 0.29) is 33.0 Å². The third kappa shape index (κ3) is 2.51. The third-order valence-electron chi connectivity index (χ3n) is 5.09. The van der Waals surface area contributed by atoms with Gasteiger partial charge >= 0.3 is 11.9 Å². The summed E-state index contributed by atoms with van der Waals surface area (Å²) >= 11 is 12.6. The van der Waals surface area contributed by atoms with Crippen LogP contribution >= 0.6 is 23.2 Å². The summed E-state index contributed by atoms with van der Waals surface area (Å²) in [6, 6.07) is 12.8. The first-order chi connectivity index (χ1) is 14.3. The van der Waals surface area contributed by atoms with Crippen LogP contribution in [0.5, 0.6) is 23.0 Å². The number of ether oxygens (including phenoxy) is 3. The molecule has 1 atom stereocenters. The molecule has 0 fully saturated rings. The van der Waals surface area contributed by atoms with Crippen molar-refractivity contribution in [3.63, 3.8) is 0 Å². The Kier molecular flexibility index (Phi) is 4.00. The molecule has 5 rings (SSSR count). The fourth-order valence-corrected chi connectivity index (χ4v) is 4.28. The number of halogens is 2. The summed E-state index contributed by atoms with van der Waals surface area (Å²) in [5.41, 5.74) is 0.453. The second-order valence-corrected chi connectivity index (χ2v) is 7.70. The number of esters is 2. The van der Waals surface area contributed by atoms with Crippen molar-refractivity contribution >= 4 is 35.1 Å². The maximum Gasteiger partial charge on any atom is 0.340 e. The molecule has 1 spiro atoms. The number of hydrogen-bond acceptors (Lipinski definition) is 6. The van der Waals surface area contributed by atoms with Crippen molar-refractivity contribution in [3.8, 4) is 23.0 Å². The van der Waals surface area contributed by atoms with Crippen LogP contribution in [0.4, 0.5) is 0 Å². The minimum Gasteiger partial charge on any atom is -0.506 e. The van der Waals surface area contributed by atoms with Gasteiger partial charge in [0.2, 0.25) is 0 Å². The van der Waals surface area contributed by atoms with Crippen LogP contribution in [0.3, 0.4) is 0 Å². The van der Waals surface area contributed by atoms with Crippen LogP contribution in [-0.2, 0) is 15.1 Å². The van der Waals surface area contributed by atoms with Gasteiger partial charge < -0.3 is 19.3 Å². The molecule has 150 valence electrons. The Labute approximate surface area is 180 Å². The zero-order chi connectivity index (χ0) is 21.2. The Morgan fingerprint density at radius 3 is 2.40 bits per heavy atom. The minimum absolute atomic E-state index is 0.0724. The number of rotatable bonds is 1. The van der Waals surface area contributed by atoms with E-state index in [1.807, 2.05) is 0 Å². The van der Waals surface area contributed by atoms with E-state index in [9.17, 15) is 14.7 Å². The predicted molar refractivity (Wildman–Crippen MR) is 108 cm³/mol. The number of fused-ring (bicyclic) bond motifs is 6. The van der Waals surface area contributed by atoms with E-state index in [0.29, 0.717) is 22.3 Å². The SMILES string of the molecule is CC(=O)Oc1cc2c(cc1Cl)C1(OC(=O)c3ccccc31)c1cc(Cl)c(O)cc1O2. The number of phenols is 1. The van der Waals surface area contributed by atoms with Crippen molar-refractivity contribution in [2.75, 3.05) is 0 Å². The maximum atomic E-state index is 12.8. The number of carbonyl (C=O) groups excluding carboxylic acids is 2. The van der Waals surface area contributed by atoms with Crippen LogP contribution in [-0.4, -0.2) is 17.0 Å². The van der Waals surface area contributed by atoms with Crippen LogP contribution in [0.2, 0.25) is 10.0 Å². The molecule has 0 bridgehead atoms. The quantitative estimate of drug-likeness (QED) is 0.412. The smallest absolute Gasteiger partial charge is 0.340 e. The van der Waals surface area contributed by atoms with Gasteiger partial charge in [0.05, 0.1) is 15.6 Å². The van der Waals surface area contributed by atoms with Gasteiger partial charge in [-0.3, -0.25) is 4.79 Å². The number of carbonyl (C=O) groups is 2. The Hall–Kier alpha value is -3.22. The van der Waals surface area contributed by atoms with E-state index in [0.717, 1.165) is 0 Å².